The van der Waals surface area contributed by atoms with Crippen LogP contribution < -0.4 is 10.2 Å². The Morgan fingerprint density at radius 2 is 1.86 bits per heavy atom. The maximum absolute atomic E-state index is 16.0. The number of carbonyl (C=O) groups is 2. The zero-order valence-electron chi connectivity index (χ0n) is 25.0. The first-order chi connectivity index (χ1) is 20.1. The molecule has 1 aromatic heterocycles. The molecule has 2 heterocycles. The highest BCUT2D eigenvalue weighted by Gasteiger charge is 2.49. The summed E-state index contributed by atoms with van der Waals surface area (Å²) >= 11 is 0. The zero-order chi connectivity index (χ0) is 31.7. The second-order valence-corrected chi connectivity index (χ2v) is 12.7. The lowest BCUT2D eigenvalue weighted by Gasteiger charge is -2.36. The van der Waals surface area contributed by atoms with Gasteiger partial charge in [-0.05, 0) is 48.9 Å². The van der Waals surface area contributed by atoms with Crippen molar-refractivity contribution in [3.8, 4) is 6.19 Å². The minimum Gasteiger partial charge on any atom is -0.377 e. The van der Waals surface area contributed by atoms with Crippen molar-refractivity contribution in [1.82, 2.24) is 15.2 Å². The van der Waals surface area contributed by atoms with E-state index in [1.807, 2.05) is 27.0 Å². The predicted octanol–water partition coefficient (Wildman–Crippen LogP) is 5.39. The minimum absolute atomic E-state index is 0.00746. The van der Waals surface area contributed by atoms with Crippen molar-refractivity contribution >= 4 is 17.5 Å². The molecule has 0 bridgehead atoms. The molecule has 2 amide bonds. The second kappa shape index (κ2) is 12.1. The maximum Gasteiger partial charge on any atom is 0.251 e. The summed E-state index contributed by atoms with van der Waals surface area (Å²) in [7, 11) is 1.45. The largest absolute Gasteiger partial charge is 0.377 e. The Morgan fingerprint density at radius 3 is 2.42 bits per heavy atom. The van der Waals surface area contributed by atoms with Crippen molar-refractivity contribution in [2.75, 3.05) is 18.6 Å². The smallest absolute Gasteiger partial charge is 0.251 e. The average Bonchev–Trinajstić information content (AvgIpc) is 3.29. The normalized spacial score (nSPS) is 23.0. The van der Waals surface area contributed by atoms with E-state index in [0.29, 0.717) is 5.56 Å². The summed E-state index contributed by atoms with van der Waals surface area (Å²) in [5.74, 6) is -6.05. The van der Waals surface area contributed by atoms with Gasteiger partial charge >= 0.3 is 0 Å². The van der Waals surface area contributed by atoms with Gasteiger partial charge in [-0.3, -0.25) is 24.4 Å². The quantitative estimate of drug-likeness (QED) is 0.337. The molecule has 1 aromatic carbocycles. The first-order valence-corrected chi connectivity index (χ1v) is 14.2. The number of likely N-dealkylation sites (tertiary alicyclic amines) is 1. The molecule has 1 aliphatic carbocycles. The van der Waals surface area contributed by atoms with Crippen LogP contribution in [0.3, 0.4) is 0 Å². The Balaban J connectivity index is 1.85. The highest BCUT2D eigenvalue weighted by molar-refractivity contribution is 6.04. The van der Waals surface area contributed by atoms with E-state index in [2.05, 4.69) is 10.3 Å². The molecule has 1 saturated carbocycles. The third kappa shape index (κ3) is 7.09. The highest BCUT2D eigenvalue weighted by atomic mass is 19.3. The molecule has 2 fully saturated rings. The van der Waals surface area contributed by atoms with Crippen LogP contribution in [0.1, 0.15) is 77.0 Å². The molecule has 1 N–H and O–H groups in total. The van der Waals surface area contributed by atoms with Crippen molar-refractivity contribution in [3.63, 3.8) is 0 Å². The lowest BCUT2D eigenvalue weighted by molar-refractivity contribution is -0.129. The molecule has 2 aromatic rings. The molecular weight excluding hydrogens is 566 g/mol. The molecule has 3 unspecified atom stereocenters. The number of benzene rings is 1. The number of ether oxygens (including phenoxy) is 1. The molecule has 2 aliphatic rings. The number of hydrogen-bond acceptors (Lipinski definition) is 6. The fourth-order valence-corrected chi connectivity index (χ4v) is 5.70. The van der Waals surface area contributed by atoms with E-state index in [0.717, 1.165) is 17.2 Å². The summed E-state index contributed by atoms with van der Waals surface area (Å²) in [6.07, 6.45) is 3.30. The molecule has 43 heavy (non-hydrogen) atoms. The number of methoxy groups -OCH3 is 1. The topological polar surface area (TPSA) is 98.6 Å². The third-order valence-electron chi connectivity index (χ3n) is 8.33. The van der Waals surface area contributed by atoms with Gasteiger partial charge in [0.1, 0.15) is 23.7 Å². The molecule has 3 atom stereocenters. The average molecular weight is 604 g/mol. The number of nitrogens with one attached hydrogen (secondary N) is 1. The molecule has 1 aliphatic heterocycles. The molecule has 1 saturated heterocycles. The van der Waals surface area contributed by atoms with E-state index in [1.165, 1.54) is 30.3 Å². The van der Waals surface area contributed by atoms with Gasteiger partial charge in [0.05, 0.1) is 24.0 Å². The van der Waals surface area contributed by atoms with Crippen molar-refractivity contribution in [2.45, 2.75) is 94.9 Å². The van der Waals surface area contributed by atoms with Crippen LogP contribution in [0.25, 0.3) is 0 Å². The van der Waals surface area contributed by atoms with Crippen molar-refractivity contribution in [1.29, 1.82) is 5.26 Å². The van der Waals surface area contributed by atoms with Gasteiger partial charge < -0.3 is 10.1 Å². The third-order valence-corrected chi connectivity index (χ3v) is 8.33. The van der Waals surface area contributed by atoms with Gasteiger partial charge in [-0.15, -0.1) is 0 Å². The fourth-order valence-electron chi connectivity index (χ4n) is 5.70. The molecular formula is C31H37F4N5O3. The first-order valence-electron chi connectivity index (χ1n) is 14.2. The summed E-state index contributed by atoms with van der Waals surface area (Å²) < 4.78 is 63.8. The van der Waals surface area contributed by atoms with Crippen LogP contribution >= 0.6 is 0 Å². The molecule has 232 valence electrons. The van der Waals surface area contributed by atoms with Crippen LogP contribution in [-0.4, -0.2) is 59.0 Å². The number of amides is 2. The van der Waals surface area contributed by atoms with Crippen molar-refractivity contribution < 1.29 is 31.9 Å². The number of pyridine rings is 1. The van der Waals surface area contributed by atoms with E-state index in [4.69, 9.17) is 4.74 Å². The molecule has 12 heteroatoms. The van der Waals surface area contributed by atoms with E-state index >= 15 is 4.39 Å². The van der Waals surface area contributed by atoms with Gasteiger partial charge in [0.2, 0.25) is 11.8 Å². The summed E-state index contributed by atoms with van der Waals surface area (Å²) in [4.78, 5) is 34.5. The monoisotopic (exact) mass is 603 g/mol. The van der Waals surface area contributed by atoms with Gasteiger partial charge in [0, 0.05) is 44.2 Å². The van der Waals surface area contributed by atoms with Crippen LogP contribution in [0.2, 0.25) is 0 Å². The predicted molar refractivity (Wildman–Crippen MR) is 151 cm³/mol. The fraction of sp³-hybridized carbons (Fsp3) is 0.548. The molecule has 0 radical (unpaired) electrons. The van der Waals surface area contributed by atoms with Crippen LogP contribution in [0.5, 0.6) is 0 Å². The van der Waals surface area contributed by atoms with E-state index in [9.17, 15) is 28.0 Å². The van der Waals surface area contributed by atoms with Gasteiger partial charge in [-0.25, -0.2) is 17.6 Å². The molecule has 4 rings (SSSR count). The Kier molecular flexibility index (Phi) is 9.07. The number of carbonyl (C=O) groups excluding carboxylic acids is 2. The van der Waals surface area contributed by atoms with Crippen molar-refractivity contribution in [2.24, 2.45) is 0 Å². The maximum atomic E-state index is 16.0. The van der Waals surface area contributed by atoms with Crippen LogP contribution in [0.15, 0.2) is 36.7 Å². The highest BCUT2D eigenvalue weighted by Crippen LogP contribution is 2.38. The number of rotatable bonds is 7. The van der Waals surface area contributed by atoms with Crippen molar-refractivity contribution in [3.05, 3.63) is 59.4 Å². The number of aromatic nitrogens is 1. The number of alkyl halides is 2. The van der Waals surface area contributed by atoms with E-state index in [1.54, 1.807) is 13.0 Å². The Labute approximate surface area is 249 Å². The standard InChI is InChI=1S/C31H37F4N5O3/c1-29(2,3)20-6-7-24(23(33)13-20)40(28(42)25-14-30(4,43-5)17-39(25)18-36)26(19-12-21(32)16-37-15-19)27(41)38-22-8-10-31(34,35)11-9-22/h6-7,12-13,15-16,22,25-26H,8-11,14,17H2,1-5H3,(H,38,41). The number of halogens is 4. The zero-order valence-corrected chi connectivity index (χ0v) is 25.0. The number of nitrogens with zero attached hydrogens (tertiary/aromatic N) is 4. The van der Waals surface area contributed by atoms with Gasteiger partial charge in [0.25, 0.3) is 5.91 Å². The van der Waals surface area contributed by atoms with Crippen LogP contribution in [0, 0.1) is 23.1 Å². The summed E-state index contributed by atoms with van der Waals surface area (Å²) in [5, 5.41) is 12.6. The lowest BCUT2D eigenvalue weighted by atomic mass is 9.86. The number of nitriles is 1. The minimum atomic E-state index is -2.84. The summed E-state index contributed by atoms with van der Waals surface area (Å²) in [5.41, 5.74) is -1.01. The van der Waals surface area contributed by atoms with Gasteiger partial charge in [-0.1, -0.05) is 26.8 Å². The van der Waals surface area contributed by atoms with Gasteiger partial charge in [0.15, 0.2) is 6.19 Å². The van der Waals surface area contributed by atoms with Gasteiger partial charge in [-0.2, -0.15) is 5.26 Å². The molecule has 0 spiro atoms. The van der Waals surface area contributed by atoms with Crippen LogP contribution in [0.4, 0.5) is 23.2 Å². The Morgan fingerprint density at radius 1 is 1.19 bits per heavy atom. The number of anilines is 1. The molecule has 8 nitrogen and oxygen atoms in total. The lowest BCUT2D eigenvalue weighted by Crippen LogP contribution is -2.52. The second-order valence-electron chi connectivity index (χ2n) is 12.7. The van der Waals surface area contributed by atoms with Crippen LogP contribution in [-0.2, 0) is 19.7 Å². The first kappa shape index (κ1) is 32.2. The Hall–Kier alpha value is -3.72. The summed E-state index contributed by atoms with van der Waals surface area (Å²) in [6, 6.07) is 1.89. The summed E-state index contributed by atoms with van der Waals surface area (Å²) in [6.45, 7) is 7.47. The number of hydrogen-bond donors (Lipinski definition) is 1. The van der Waals surface area contributed by atoms with E-state index in [-0.39, 0.29) is 37.1 Å². The Bertz CT molecular complexity index is 1400. The van der Waals surface area contributed by atoms with E-state index < -0.39 is 71.4 Å². The SMILES string of the molecule is COC1(C)CC(C(=O)N(c2ccc(C(C)(C)C)cc2F)C(C(=O)NC2CCC(F)(F)CC2)c2cncc(F)c2)N(C#N)C1.